The summed E-state index contributed by atoms with van der Waals surface area (Å²) in [7, 11) is 0. The third-order valence-electron chi connectivity index (χ3n) is 6.16. The number of allylic oxidation sites excluding steroid dienone is 1. The maximum absolute atomic E-state index is 13.3. The summed E-state index contributed by atoms with van der Waals surface area (Å²) in [5, 5.41) is 3.42. The van der Waals surface area contributed by atoms with Crippen molar-refractivity contribution in [1.82, 2.24) is 15.2 Å². The molecule has 8 heteroatoms. The lowest BCUT2D eigenvalue weighted by Gasteiger charge is -2.43. The van der Waals surface area contributed by atoms with E-state index < -0.39 is 5.60 Å². The molecule has 2 aliphatic heterocycles. The van der Waals surface area contributed by atoms with Gasteiger partial charge in [0.2, 0.25) is 5.78 Å². The average molecular weight is 471 g/mol. The Labute approximate surface area is 202 Å². The zero-order valence-corrected chi connectivity index (χ0v) is 20.9. The number of unbranched alkanes of at least 4 members (excludes halogenated alkanes) is 3. The van der Waals surface area contributed by atoms with Crippen LogP contribution in [0.15, 0.2) is 46.3 Å². The van der Waals surface area contributed by atoms with Crippen LogP contribution in [0.3, 0.4) is 0 Å². The fourth-order valence-corrected chi connectivity index (χ4v) is 4.50. The number of nitrogens with zero attached hydrogens (tertiary/aromatic N) is 3. The van der Waals surface area contributed by atoms with Crippen LogP contribution in [0.5, 0.6) is 0 Å². The molecule has 3 atom stereocenters. The summed E-state index contributed by atoms with van der Waals surface area (Å²) in [5.74, 6) is 1.08. The fourth-order valence-electron chi connectivity index (χ4n) is 4.50. The van der Waals surface area contributed by atoms with Gasteiger partial charge in [-0.15, -0.1) is 0 Å². The van der Waals surface area contributed by atoms with Gasteiger partial charge in [0.05, 0.1) is 12.2 Å². The average Bonchev–Trinajstić information content (AvgIpc) is 3.28. The Kier molecular flexibility index (Phi) is 8.69. The highest BCUT2D eigenvalue weighted by atomic mass is 16.6. The van der Waals surface area contributed by atoms with Crippen LogP contribution in [0.2, 0.25) is 0 Å². The van der Waals surface area contributed by atoms with Crippen LogP contribution in [0.25, 0.3) is 0 Å². The van der Waals surface area contributed by atoms with E-state index in [4.69, 9.17) is 14.1 Å². The normalized spacial score (nSPS) is 23.8. The number of ketones is 1. The van der Waals surface area contributed by atoms with Crippen molar-refractivity contribution in [3.8, 4) is 0 Å². The highest BCUT2D eigenvalue weighted by molar-refractivity contribution is 5.96. The number of hydrogen-bond acceptors (Lipinski definition) is 7. The Balaban J connectivity index is 1.61. The number of fused-ring (bicyclic) bond motifs is 1. The smallest absolute Gasteiger partial charge is 0.416 e. The van der Waals surface area contributed by atoms with E-state index in [1.165, 1.54) is 12.5 Å². The van der Waals surface area contributed by atoms with Crippen molar-refractivity contribution in [3.05, 3.63) is 42.8 Å². The van der Waals surface area contributed by atoms with Crippen molar-refractivity contribution in [2.45, 2.75) is 90.3 Å². The topological polar surface area (TPSA) is 97.0 Å². The molecule has 3 rings (SSSR count). The first kappa shape index (κ1) is 25.7. The van der Waals surface area contributed by atoms with Crippen molar-refractivity contribution in [1.29, 1.82) is 0 Å². The minimum Gasteiger partial charge on any atom is -0.443 e. The predicted molar refractivity (Wildman–Crippen MR) is 132 cm³/mol. The lowest BCUT2D eigenvalue weighted by atomic mass is 9.86. The summed E-state index contributed by atoms with van der Waals surface area (Å²) in [6, 6.07) is 0.117. The molecular formula is C26H38N4O4. The molecular weight excluding hydrogens is 432 g/mol. The van der Waals surface area contributed by atoms with Crippen molar-refractivity contribution >= 4 is 17.7 Å². The van der Waals surface area contributed by atoms with Gasteiger partial charge in [0.25, 0.3) is 5.89 Å². The summed E-state index contributed by atoms with van der Waals surface area (Å²) in [6.45, 7) is 12.5. The Morgan fingerprint density at radius 3 is 2.74 bits per heavy atom. The molecule has 0 aromatic carbocycles. The molecule has 0 fully saturated rings. The van der Waals surface area contributed by atoms with E-state index in [1.807, 2.05) is 26.8 Å². The van der Waals surface area contributed by atoms with Crippen molar-refractivity contribution in [3.63, 3.8) is 0 Å². The maximum Gasteiger partial charge on any atom is 0.416 e. The van der Waals surface area contributed by atoms with Crippen molar-refractivity contribution < 1.29 is 18.7 Å². The first-order valence-corrected chi connectivity index (χ1v) is 12.3. The molecule has 1 aromatic heterocycles. The minimum atomic E-state index is -0.583. The van der Waals surface area contributed by atoms with Crippen LogP contribution in [0.4, 0.5) is 4.79 Å². The first-order chi connectivity index (χ1) is 16.2. The summed E-state index contributed by atoms with van der Waals surface area (Å²) < 4.78 is 10.8. The molecule has 0 bridgehead atoms. The maximum atomic E-state index is 13.3. The van der Waals surface area contributed by atoms with E-state index in [9.17, 15) is 9.59 Å². The Morgan fingerprint density at radius 2 is 2.03 bits per heavy atom. The first-order valence-electron chi connectivity index (χ1n) is 12.3. The van der Waals surface area contributed by atoms with Gasteiger partial charge >= 0.3 is 6.09 Å². The number of carbonyl (C=O) groups is 2. The monoisotopic (exact) mass is 470 g/mol. The zero-order valence-electron chi connectivity index (χ0n) is 20.9. The Hall–Kier alpha value is -2.90. The molecule has 2 unspecified atom stereocenters. The molecule has 1 N–H and O–H groups in total. The number of rotatable bonds is 8. The number of hydrogen-bond donors (Lipinski definition) is 1. The molecule has 0 saturated heterocycles. The lowest BCUT2D eigenvalue weighted by Crippen LogP contribution is -2.57. The quantitative estimate of drug-likeness (QED) is 0.410. The number of amides is 1. The summed E-state index contributed by atoms with van der Waals surface area (Å²) in [6.07, 6.45) is 12.0. The number of aliphatic imine (C=N–C) groups is 1. The van der Waals surface area contributed by atoms with Gasteiger partial charge in [0.1, 0.15) is 17.7 Å². The number of Topliss-reactive ketones (excluding diaryl/α,β-unsaturated/α-hetero) is 1. The highest BCUT2D eigenvalue weighted by Gasteiger charge is 2.41. The van der Waals surface area contributed by atoms with Crippen LogP contribution in [0, 0.1) is 5.92 Å². The Bertz CT molecular complexity index is 914. The zero-order chi connectivity index (χ0) is 24.7. The summed E-state index contributed by atoms with van der Waals surface area (Å²) in [5.41, 5.74) is 0.297. The van der Waals surface area contributed by atoms with E-state index in [0.717, 1.165) is 43.6 Å². The molecule has 1 amide bonds. The van der Waals surface area contributed by atoms with E-state index >= 15 is 0 Å². The van der Waals surface area contributed by atoms with Gasteiger partial charge in [-0.25, -0.2) is 9.78 Å². The largest absolute Gasteiger partial charge is 0.443 e. The predicted octanol–water partition coefficient (Wildman–Crippen LogP) is 5.28. The molecule has 0 radical (unpaired) electrons. The molecule has 1 aromatic rings. The molecule has 0 aliphatic carbocycles. The van der Waals surface area contributed by atoms with Crippen LogP contribution in [-0.4, -0.2) is 51.8 Å². The van der Waals surface area contributed by atoms with Gasteiger partial charge < -0.3 is 14.5 Å². The van der Waals surface area contributed by atoms with Gasteiger partial charge in [-0.1, -0.05) is 25.5 Å². The van der Waals surface area contributed by atoms with Crippen molar-refractivity contribution in [2.75, 3.05) is 6.54 Å². The van der Waals surface area contributed by atoms with Gasteiger partial charge in [-0.3, -0.25) is 14.7 Å². The number of nitrogens with one attached hydrogen (secondary N) is 1. The van der Waals surface area contributed by atoms with E-state index in [0.29, 0.717) is 19.4 Å². The van der Waals surface area contributed by atoms with E-state index in [1.54, 1.807) is 4.90 Å². The molecule has 0 saturated carbocycles. The SMILES string of the molecule is C=C1/C=C\C[C@@H]2C(CN=C(CCCCCCC(=O)c3ncco3)N2C(=O)OC(C)(C)C)C(C)N1. The number of aromatic nitrogens is 1. The van der Waals surface area contributed by atoms with Crippen LogP contribution < -0.4 is 5.32 Å². The number of carbonyl (C=O) groups excluding carboxylic acids is 2. The molecule has 3 heterocycles. The van der Waals surface area contributed by atoms with Gasteiger partial charge in [0, 0.05) is 37.0 Å². The number of amidine groups is 1. The van der Waals surface area contributed by atoms with Gasteiger partial charge in [-0.2, -0.15) is 0 Å². The van der Waals surface area contributed by atoms with Crippen LogP contribution in [0.1, 0.15) is 83.3 Å². The minimum absolute atomic E-state index is 0.0207. The lowest BCUT2D eigenvalue weighted by molar-refractivity contribution is 0.0233. The standard InChI is InChI=1S/C26H38N4O4/c1-18-11-10-12-21-20(19(2)29-18)17-28-23(30(21)25(32)34-26(3,4)5)14-9-7-6-8-13-22(31)24-27-15-16-33-24/h10-11,15-16,19-21,29H,1,6-9,12-14,17H2,2-5H3/b11-10-/t19?,20?,21-/m1/s1. The second-order valence-electron chi connectivity index (χ2n) is 10.1. The third-order valence-corrected chi connectivity index (χ3v) is 6.16. The third kappa shape index (κ3) is 7.05. The van der Waals surface area contributed by atoms with Crippen LogP contribution >= 0.6 is 0 Å². The van der Waals surface area contributed by atoms with E-state index in [2.05, 4.69) is 29.9 Å². The molecule has 2 aliphatic rings. The molecule has 0 spiro atoms. The molecule has 186 valence electrons. The van der Waals surface area contributed by atoms with Crippen LogP contribution in [-0.2, 0) is 4.74 Å². The highest BCUT2D eigenvalue weighted by Crippen LogP contribution is 2.30. The van der Waals surface area contributed by atoms with E-state index in [-0.39, 0.29) is 35.8 Å². The van der Waals surface area contributed by atoms with Gasteiger partial charge in [0.15, 0.2) is 0 Å². The fraction of sp³-hybridized carbons (Fsp3) is 0.615. The summed E-state index contributed by atoms with van der Waals surface area (Å²) in [4.78, 5) is 35.8. The van der Waals surface area contributed by atoms with Gasteiger partial charge in [-0.05, 0) is 53.0 Å². The number of oxazole rings is 1. The Morgan fingerprint density at radius 1 is 1.26 bits per heavy atom. The molecule has 8 nitrogen and oxygen atoms in total. The van der Waals surface area contributed by atoms with Crippen molar-refractivity contribution in [2.24, 2.45) is 10.9 Å². The number of ether oxygens (including phenoxy) is 1. The summed E-state index contributed by atoms with van der Waals surface area (Å²) >= 11 is 0. The second-order valence-corrected chi connectivity index (χ2v) is 10.1. The molecule has 34 heavy (non-hydrogen) atoms. The second kappa shape index (κ2) is 11.5.